The quantitative estimate of drug-likeness (QED) is 0.675. The molecule has 0 aliphatic carbocycles. The number of aromatic nitrogens is 1. The van der Waals surface area contributed by atoms with Gasteiger partial charge in [-0.15, -0.1) is 0 Å². The van der Waals surface area contributed by atoms with Crippen LogP contribution in [0.25, 0.3) is 10.9 Å². The van der Waals surface area contributed by atoms with E-state index in [1.165, 1.54) is 6.07 Å². The molecule has 0 saturated heterocycles. The highest BCUT2D eigenvalue weighted by Gasteiger charge is 2.30. The number of Topliss-reactive ketones (excluding diaryl/α,β-unsaturated/α-hetero) is 1. The zero-order chi connectivity index (χ0) is 16.1. The van der Waals surface area contributed by atoms with Gasteiger partial charge >= 0.3 is 0 Å². The van der Waals surface area contributed by atoms with Gasteiger partial charge in [-0.1, -0.05) is 22.0 Å². The number of benzene rings is 2. The second-order valence-corrected chi connectivity index (χ2v) is 6.14. The molecule has 2 aromatic carbocycles. The third kappa shape index (κ3) is 2.03. The molecule has 112 valence electrons. The van der Waals surface area contributed by atoms with E-state index in [2.05, 4.69) is 25.9 Å². The zero-order valence-corrected chi connectivity index (χ0v) is 13.2. The van der Waals surface area contributed by atoms with E-state index in [1.807, 2.05) is 12.1 Å². The minimum Gasteiger partial charge on any atom is -0.494 e. The first-order chi connectivity index (χ1) is 11.1. The van der Waals surface area contributed by atoms with Crippen molar-refractivity contribution in [1.82, 2.24) is 4.98 Å². The second-order valence-electron chi connectivity index (χ2n) is 5.22. The lowest BCUT2D eigenvalue weighted by atomic mass is 10.0. The number of hydrogen-bond donors (Lipinski definition) is 2. The van der Waals surface area contributed by atoms with Crippen LogP contribution in [0, 0.1) is 0 Å². The summed E-state index contributed by atoms with van der Waals surface area (Å²) in [5.41, 5.74) is 2.54. The molecular weight excluding hydrogens is 360 g/mol. The van der Waals surface area contributed by atoms with Gasteiger partial charge in [0.25, 0.3) is 0 Å². The number of carbonyl (C=O) groups is 2. The van der Waals surface area contributed by atoms with E-state index < -0.39 is 0 Å². The van der Waals surface area contributed by atoms with Crippen molar-refractivity contribution in [2.24, 2.45) is 4.99 Å². The lowest BCUT2D eigenvalue weighted by Crippen LogP contribution is -2.11. The van der Waals surface area contributed by atoms with E-state index in [0.717, 1.165) is 4.47 Å². The van der Waals surface area contributed by atoms with Gasteiger partial charge in [-0.05, 0) is 30.3 Å². The number of ketones is 1. The molecule has 0 bridgehead atoms. The smallest absolute Gasteiger partial charge is 0.214 e. The molecule has 1 aromatic heterocycles. The fourth-order valence-corrected chi connectivity index (χ4v) is 3.13. The van der Waals surface area contributed by atoms with Crippen LogP contribution in [0.3, 0.4) is 0 Å². The SMILES string of the molecule is O=Cc1ccc2c(c1)C(=O)C(c1c(O)[nH]c3cc(Br)ccc13)=N2. The van der Waals surface area contributed by atoms with Crippen molar-refractivity contribution in [2.45, 2.75) is 0 Å². The number of aromatic hydroxyl groups is 1. The topological polar surface area (TPSA) is 82.5 Å². The number of aliphatic imine (C=N–C) groups is 1. The van der Waals surface area contributed by atoms with Crippen molar-refractivity contribution in [3.63, 3.8) is 0 Å². The highest BCUT2D eigenvalue weighted by atomic mass is 79.9. The molecule has 6 heteroatoms. The number of aldehydes is 1. The van der Waals surface area contributed by atoms with Gasteiger partial charge in [0.1, 0.15) is 12.0 Å². The molecule has 1 aliphatic heterocycles. The molecule has 0 atom stereocenters. The number of fused-ring (bicyclic) bond motifs is 2. The summed E-state index contributed by atoms with van der Waals surface area (Å²) < 4.78 is 0.858. The van der Waals surface area contributed by atoms with E-state index >= 15 is 0 Å². The predicted molar refractivity (Wildman–Crippen MR) is 90.0 cm³/mol. The summed E-state index contributed by atoms with van der Waals surface area (Å²) in [5, 5.41) is 10.9. The Balaban J connectivity index is 1.92. The van der Waals surface area contributed by atoms with Gasteiger partial charge in [-0.25, -0.2) is 4.99 Å². The first kappa shape index (κ1) is 13.9. The minimum absolute atomic E-state index is 0.103. The summed E-state index contributed by atoms with van der Waals surface area (Å²) in [6.45, 7) is 0. The van der Waals surface area contributed by atoms with Crippen molar-refractivity contribution in [2.75, 3.05) is 0 Å². The number of hydrogen-bond acceptors (Lipinski definition) is 4. The molecule has 23 heavy (non-hydrogen) atoms. The minimum atomic E-state index is -0.303. The Morgan fingerprint density at radius 1 is 1.17 bits per heavy atom. The average Bonchev–Trinajstić information content (AvgIpc) is 3.03. The Labute approximate surface area is 138 Å². The maximum atomic E-state index is 12.6. The van der Waals surface area contributed by atoms with E-state index in [1.54, 1.807) is 18.2 Å². The molecule has 0 unspecified atom stereocenters. The van der Waals surface area contributed by atoms with Gasteiger partial charge < -0.3 is 10.1 Å². The van der Waals surface area contributed by atoms with Crippen LogP contribution in [0.1, 0.15) is 26.3 Å². The van der Waals surface area contributed by atoms with Crippen molar-refractivity contribution >= 4 is 50.3 Å². The molecule has 0 amide bonds. The van der Waals surface area contributed by atoms with Gasteiger partial charge in [0.2, 0.25) is 5.78 Å². The lowest BCUT2D eigenvalue weighted by Gasteiger charge is -1.99. The Hall–Kier alpha value is -2.73. The molecule has 4 rings (SSSR count). The molecule has 0 saturated carbocycles. The highest BCUT2D eigenvalue weighted by molar-refractivity contribution is 9.10. The second kappa shape index (κ2) is 4.89. The van der Waals surface area contributed by atoms with E-state index in [-0.39, 0.29) is 17.4 Å². The van der Waals surface area contributed by atoms with Crippen LogP contribution < -0.4 is 0 Å². The third-order valence-electron chi connectivity index (χ3n) is 3.83. The summed E-state index contributed by atoms with van der Waals surface area (Å²) in [6, 6.07) is 10.2. The number of rotatable bonds is 2. The maximum absolute atomic E-state index is 12.6. The number of H-pyrrole nitrogens is 1. The molecule has 5 nitrogen and oxygen atoms in total. The lowest BCUT2D eigenvalue weighted by molar-refractivity contribution is 0.107. The monoisotopic (exact) mass is 368 g/mol. The largest absolute Gasteiger partial charge is 0.494 e. The average molecular weight is 369 g/mol. The molecule has 1 aliphatic rings. The van der Waals surface area contributed by atoms with Crippen LogP contribution in [-0.4, -0.2) is 27.9 Å². The molecule has 0 spiro atoms. The molecule has 2 heterocycles. The zero-order valence-electron chi connectivity index (χ0n) is 11.6. The Bertz CT molecular complexity index is 1030. The van der Waals surface area contributed by atoms with Gasteiger partial charge in [0.15, 0.2) is 5.88 Å². The summed E-state index contributed by atoms with van der Waals surface area (Å²) in [6.07, 6.45) is 0.687. The van der Waals surface area contributed by atoms with Gasteiger partial charge in [-0.3, -0.25) is 9.59 Å². The van der Waals surface area contributed by atoms with Gasteiger partial charge in [0, 0.05) is 15.4 Å². The number of nitrogens with one attached hydrogen (secondary N) is 1. The Morgan fingerprint density at radius 3 is 2.78 bits per heavy atom. The standard InChI is InChI=1S/C17H9BrN2O3/c18-9-2-3-10-13(6-9)20-17(23)14(10)15-16(22)11-5-8(7-21)1-4-12(11)19-15/h1-7,20,23H. The first-order valence-corrected chi connectivity index (χ1v) is 7.61. The number of halogens is 1. The molecule has 0 radical (unpaired) electrons. The third-order valence-corrected chi connectivity index (χ3v) is 4.32. The molecule has 0 fully saturated rings. The Morgan fingerprint density at radius 2 is 2.00 bits per heavy atom. The predicted octanol–water partition coefficient (Wildman–Crippen LogP) is 3.77. The molecule has 3 aromatic rings. The van der Waals surface area contributed by atoms with Crippen molar-refractivity contribution in [3.8, 4) is 5.88 Å². The molecular formula is C17H9BrN2O3. The number of carbonyl (C=O) groups excluding carboxylic acids is 2. The van der Waals surface area contributed by atoms with E-state index in [0.29, 0.717) is 39.6 Å². The van der Waals surface area contributed by atoms with Crippen LogP contribution in [0.15, 0.2) is 45.9 Å². The summed E-state index contributed by atoms with van der Waals surface area (Å²) >= 11 is 3.37. The molecule has 2 N–H and O–H groups in total. The first-order valence-electron chi connectivity index (χ1n) is 6.81. The van der Waals surface area contributed by atoms with E-state index in [4.69, 9.17) is 0 Å². The van der Waals surface area contributed by atoms with Crippen LogP contribution in [0.5, 0.6) is 5.88 Å². The van der Waals surface area contributed by atoms with Crippen LogP contribution in [-0.2, 0) is 0 Å². The van der Waals surface area contributed by atoms with Crippen LogP contribution >= 0.6 is 15.9 Å². The highest BCUT2D eigenvalue weighted by Crippen LogP contribution is 2.36. The summed E-state index contributed by atoms with van der Waals surface area (Å²) in [5.74, 6) is -0.406. The van der Waals surface area contributed by atoms with Crippen LogP contribution in [0.4, 0.5) is 5.69 Å². The van der Waals surface area contributed by atoms with Gasteiger partial charge in [0.05, 0.1) is 22.3 Å². The summed E-state index contributed by atoms with van der Waals surface area (Å²) in [4.78, 5) is 30.7. The fraction of sp³-hybridized carbons (Fsp3) is 0. The fourth-order valence-electron chi connectivity index (χ4n) is 2.77. The van der Waals surface area contributed by atoms with Crippen molar-refractivity contribution < 1.29 is 14.7 Å². The van der Waals surface area contributed by atoms with Crippen molar-refractivity contribution in [3.05, 3.63) is 57.6 Å². The van der Waals surface area contributed by atoms with E-state index in [9.17, 15) is 14.7 Å². The Kier molecular flexibility index (Phi) is 2.96. The van der Waals surface area contributed by atoms with Gasteiger partial charge in [-0.2, -0.15) is 0 Å². The van der Waals surface area contributed by atoms with Crippen LogP contribution in [0.2, 0.25) is 0 Å². The number of nitrogens with zero attached hydrogens (tertiary/aromatic N) is 1. The maximum Gasteiger partial charge on any atom is 0.214 e. The normalized spacial score (nSPS) is 13.3. The number of aromatic amines is 1. The summed E-state index contributed by atoms with van der Waals surface area (Å²) in [7, 11) is 0. The van der Waals surface area contributed by atoms with Crippen molar-refractivity contribution in [1.29, 1.82) is 0 Å².